The second-order valence-corrected chi connectivity index (χ2v) is 6.96. The van der Waals surface area contributed by atoms with Crippen molar-refractivity contribution in [3.63, 3.8) is 0 Å². The summed E-state index contributed by atoms with van der Waals surface area (Å²) in [5, 5.41) is 0.0679. The van der Waals surface area contributed by atoms with Crippen molar-refractivity contribution in [2.75, 3.05) is 20.7 Å². The van der Waals surface area contributed by atoms with Crippen LogP contribution in [0, 0.1) is 5.92 Å². The third kappa shape index (κ3) is 3.82. The summed E-state index contributed by atoms with van der Waals surface area (Å²) < 4.78 is 30.1. The Balaban J connectivity index is 2.98. The van der Waals surface area contributed by atoms with E-state index in [1.807, 2.05) is 0 Å². The number of methoxy groups -OCH3 is 1. The molecule has 0 bridgehead atoms. The first kappa shape index (κ1) is 17.2. The molecule has 0 N–H and O–H groups in total. The van der Waals surface area contributed by atoms with Gasteiger partial charge in [0.25, 0.3) is 0 Å². The van der Waals surface area contributed by atoms with E-state index in [4.69, 9.17) is 23.2 Å². The molecule has 0 aromatic carbocycles. The molecule has 0 saturated heterocycles. The molecule has 0 fully saturated rings. The number of sulfonamides is 1. The van der Waals surface area contributed by atoms with Crippen molar-refractivity contribution < 1.29 is 17.9 Å². The number of nitrogens with zero attached hydrogens (tertiary/aromatic N) is 2. The molecule has 0 aliphatic carbocycles. The van der Waals surface area contributed by atoms with E-state index < -0.39 is 21.9 Å². The number of rotatable bonds is 5. The van der Waals surface area contributed by atoms with E-state index in [0.29, 0.717) is 0 Å². The highest BCUT2D eigenvalue weighted by molar-refractivity contribution is 7.89. The molecule has 0 saturated carbocycles. The van der Waals surface area contributed by atoms with E-state index in [9.17, 15) is 13.2 Å². The van der Waals surface area contributed by atoms with Gasteiger partial charge in [-0.3, -0.25) is 4.79 Å². The molecule has 1 aromatic rings. The van der Waals surface area contributed by atoms with Crippen molar-refractivity contribution in [2.24, 2.45) is 5.92 Å². The van der Waals surface area contributed by atoms with Gasteiger partial charge in [0.05, 0.1) is 18.1 Å². The fourth-order valence-corrected chi connectivity index (χ4v) is 3.05. The van der Waals surface area contributed by atoms with Gasteiger partial charge in [-0.2, -0.15) is 0 Å². The lowest BCUT2D eigenvalue weighted by atomic mass is 10.2. The molecule has 20 heavy (non-hydrogen) atoms. The number of aromatic nitrogens is 1. The first-order valence-electron chi connectivity index (χ1n) is 5.55. The molecule has 9 heteroatoms. The SMILES string of the molecule is COC(=O)C(C)CN(C)S(=O)(=O)c1cnc(Cl)c(Cl)c1. The number of hydrogen-bond acceptors (Lipinski definition) is 5. The maximum absolute atomic E-state index is 12.3. The third-order valence-electron chi connectivity index (χ3n) is 2.61. The highest BCUT2D eigenvalue weighted by atomic mass is 35.5. The molecule has 1 unspecified atom stereocenters. The van der Waals surface area contributed by atoms with Crippen LogP contribution in [-0.4, -0.2) is 44.4 Å². The Morgan fingerprint density at radius 3 is 2.60 bits per heavy atom. The zero-order valence-electron chi connectivity index (χ0n) is 11.1. The minimum Gasteiger partial charge on any atom is -0.469 e. The number of pyridine rings is 1. The molecule has 0 amide bonds. The van der Waals surface area contributed by atoms with Crippen molar-refractivity contribution in [1.29, 1.82) is 0 Å². The Morgan fingerprint density at radius 1 is 1.50 bits per heavy atom. The second kappa shape index (κ2) is 6.71. The van der Waals surface area contributed by atoms with Crippen LogP contribution in [0.3, 0.4) is 0 Å². The number of hydrogen-bond donors (Lipinski definition) is 0. The average Bonchev–Trinajstić information content (AvgIpc) is 2.40. The Kier molecular flexibility index (Phi) is 5.76. The summed E-state index contributed by atoms with van der Waals surface area (Å²) in [6, 6.07) is 1.21. The van der Waals surface area contributed by atoms with Crippen LogP contribution in [0.1, 0.15) is 6.92 Å². The third-order valence-corrected chi connectivity index (χ3v) is 5.09. The Labute approximate surface area is 127 Å². The van der Waals surface area contributed by atoms with Gasteiger partial charge in [0.2, 0.25) is 10.0 Å². The number of ether oxygens (including phenoxy) is 1. The van der Waals surface area contributed by atoms with E-state index >= 15 is 0 Å². The first-order chi connectivity index (χ1) is 9.20. The van der Waals surface area contributed by atoms with E-state index in [1.165, 1.54) is 20.2 Å². The summed E-state index contributed by atoms with van der Waals surface area (Å²) in [4.78, 5) is 14.9. The molecule has 0 aliphatic heterocycles. The lowest BCUT2D eigenvalue weighted by Crippen LogP contribution is -2.34. The highest BCUT2D eigenvalue weighted by Gasteiger charge is 2.26. The quantitative estimate of drug-likeness (QED) is 0.603. The van der Waals surface area contributed by atoms with Gasteiger partial charge in [-0.25, -0.2) is 17.7 Å². The van der Waals surface area contributed by atoms with Crippen LogP contribution in [0.5, 0.6) is 0 Å². The standard InChI is InChI=1S/C11H14Cl2N2O4S/c1-7(11(16)19-3)6-15(2)20(17,18)8-4-9(12)10(13)14-5-8/h4-5,7H,6H2,1-3H3. The molecule has 1 aromatic heterocycles. The molecular weight excluding hydrogens is 327 g/mol. The normalized spacial score (nSPS) is 13.3. The summed E-state index contributed by atoms with van der Waals surface area (Å²) in [5.41, 5.74) is 0. The summed E-state index contributed by atoms with van der Waals surface area (Å²) in [5.74, 6) is -1.07. The number of esters is 1. The molecule has 6 nitrogen and oxygen atoms in total. The van der Waals surface area contributed by atoms with Crippen LogP contribution in [0.2, 0.25) is 10.2 Å². The fourth-order valence-electron chi connectivity index (χ4n) is 1.48. The molecule has 0 radical (unpaired) electrons. The predicted molar refractivity (Wildman–Crippen MR) is 75.3 cm³/mol. The Bertz CT molecular complexity index is 606. The minimum atomic E-state index is -3.80. The van der Waals surface area contributed by atoms with Crippen molar-refractivity contribution in [3.05, 3.63) is 22.4 Å². The second-order valence-electron chi connectivity index (χ2n) is 4.15. The zero-order valence-corrected chi connectivity index (χ0v) is 13.5. The summed E-state index contributed by atoms with van der Waals surface area (Å²) in [7, 11) is -1.19. The van der Waals surface area contributed by atoms with E-state index in [0.717, 1.165) is 10.5 Å². The van der Waals surface area contributed by atoms with Gasteiger partial charge >= 0.3 is 5.97 Å². The van der Waals surface area contributed by atoms with Crippen LogP contribution in [0.4, 0.5) is 0 Å². The molecule has 0 spiro atoms. The van der Waals surface area contributed by atoms with E-state index in [2.05, 4.69) is 9.72 Å². The molecule has 1 heterocycles. The van der Waals surface area contributed by atoms with Crippen LogP contribution < -0.4 is 0 Å². The van der Waals surface area contributed by atoms with Crippen molar-refractivity contribution in [1.82, 2.24) is 9.29 Å². The molecule has 1 atom stereocenters. The maximum Gasteiger partial charge on any atom is 0.309 e. The van der Waals surface area contributed by atoms with Crippen LogP contribution in [0.15, 0.2) is 17.2 Å². The van der Waals surface area contributed by atoms with E-state index in [1.54, 1.807) is 6.92 Å². The smallest absolute Gasteiger partial charge is 0.309 e. The molecule has 0 aliphatic rings. The van der Waals surface area contributed by atoms with Crippen LogP contribution >= 0.6 is 23.2 Å². The molecule has 1 rings (SSSR count). The van der Waals surface area contributed by atoms with Gasteiger partial charge in [-0.05, 0) is 6.07 Å². The summed E-state index contributed by atoms with van der Waals surface area (Å²) >= 11 is 11.4. The molecular formula is C11H14Cl2N2O4S. The number of halogens is 2. The van der Waals surface area contributed by atoms with Gasteiger partial charge in [-0.15, -0.1) is 0 Å². The van der Waals surface area contributed by atoms with E-state index in [-0.39, 0.29) is 21.6 Å². The largest absolute Gasteiger partial charge is 0.469 e. The highest BCUT2D eigenvalue weighted by Crippen LogP contribution is 2.24. The predicted octanol–water partition coefficient (Wildman–Crippen LogP) is 1.82. The van der Waals surface area contributed by atoms with Gasteiger partial charge in [-0.1, -0.05) is 30.1 Å². The Hall–Kier alpha value is -0.890. The number of carbonyl (C=O) groups excluding carboxylic acids is 1. The van der Waals surface area contributed by atoms with Crippen molar-refractivity contribution in [3.8, 4) is 0 Å². The number of carbonyl (C=O) groups is 1. The monoisotopic (exact) mass is 340 g/mol. The lowest BCUT2D eigenvalue weighted by molar-refractivity contribution is -0.144. The van der Waals surface area contributed by atoms with Crippen molar-refractivity contribution >= 4 is 39.2 Å². The van der Waals surface area contributed by atoms with Crippen LogP contribution in [0.25, 0.3) is 0 Å². The average molecular weight is 341 g/mol. The first-order valence-corrected chi connectivity index (χ1v) is 7.75. The van der Waals surface area contributed by atoms with Gasteiger partial charge in [0.15, 0.2) is 0 Å². The minimum absolute atomic E-state index is 0.0186. The maximum atomic E-state index is 12.3. The molecule has 112 valence electrons. The lowest BCUT2D eigenvalue weighted by Gasteiger charge is -2.20. The van der Waals surface area contributed by atoms with Gasteiger partial charge in [0.1, 0.15) is 10.0 Å². The van der Waals surface area contributed by atoms with Crippen molar-refractivity contribution in [2.45, 2.75) is 11.8 Å². The van der Waals surface area contributed by atoms with Gasteiger partial charge < -0.3 is 4.74 Å². The topological polar surface area (TPSA) is 76.6 Å². The summed E-state index contributed by atoms with van der Waals surface area (Å²) in [6.45, 7) is 1.56. The summed E-state index contributed by atoms with van der Waals surface area (Å²) in [6.07, 6.45) is 1.11. The van der Waals surface area contributed by atoms with Crippen LogP contribution in [-0.2, 0) is 19.6 Å². The zero-order chi connectivity index (χ0) is 15.5. The Morgan fingerprint density at radius 2 is 2.10 bits per heavy atom. The fraction of sp³-hybridized carbons (Fsp3) is 0.455. The van der Waals surface area contributed by atoms with Gasteiger partial charge in [0, 0.05) is 19.8 Å².